The summed E-state index contributed by atoms with van der Waals surface area (Å²) in [6, 6.07) is 19.1. The van der Waals surface area contributed by atoms with E-state index in [-0.39, 0.29) is 22.2 Å². The number of benzene rings is 3. The van der Waals surface area contributed by atoms with E-state index in [0.717, 1.165) is 28.2 Å². The molecule has 0 saturated carbocycles. The van der Waals surface area contributed by atoms with Gasteiger partial charge in [0.05, 0.1) is 16.8 Å². The van der Waals surface area contributed by atoms with Crippen molar-refractivity contribution < 1.29 is 22.9 Å². The lowest BCUT2D eigenvalue weighted by Gasteiger charge is -2.06. The quantitative estimate of drug-likeness (QED) is 0.166. The van der Waals surface area contributed by atoms with Gasteiger partial charge in [0.15, 0.2) is 5.69 Å². The minimum Gasteiger partial charge on any atom is -0.266 e. The molecular weight excluding hydrogens is 521 g/mol. The third-order valence-electron chi connectivity index (χ3n) is 5.43. The normalized spacial score (nSPS) is 11.8. The lowest BCUT2D eigenvalue weighted by Crippen LogP contribution is -2.18. The largest absolute Gasteiger partial charge is 0.433 e. The van der Waals surface area contributed by atoms with Gasteiger partial charge in [-0.1, -0.05) is 36.4 Å². The number of carbonyl (C=O) groups excluding carboxylic acids is 1. The van der Waals surface area contributed by atoms with Gasteiger partial charge in [-0.25, -0.2) is 15.1 Å². The van der Waals surface area contributed by atoms with Gasteiger partial charge in [0, 0.05) is 23.1 Å². The van der Waals surface area contributed by atoms with Crippen molar-refractivity contribution in [3.63, 3.8) is 0 Å². The first-order chi connectivity index (χ1) is 18.2. The second-order valence-electron chi connectivity index (χ2n) is 7.95. The van der Waals surface area contributed by atoms with Crippen LogP contribution in [0.25, 0.3) is 27.2 Å². The molecule has 2 aromatic heterocycles. The predicted octanol–water partition coefficient (Wildman–Crippen LogP) is 5.84. The van der Waals surface area contributed by atoms with Crippen LogP contribution in [0.5, 0.6) is 0 Å². The topological polar surface area (TPSA) is 115 Å². The molecule has 190 valence electrons. The molecule has 1 N–H and O–H groups in total. The molecule has 0 atom stereocenters. The number of carbonyl (C=O) groups is 1. The third kappa shape index (κ3) is 5.13. The van der Waals surface area contributed by atoms with Gasteiger partial charge >= 0.3 is 6.18 Å². The van der Waals surface area contributed by atoms with Gasteiger partial charge in [-0.15, -0.1) is 11.3 Å². The van der Waals surface area contributed by atoms with Gasteiger partial charge in [0.25, 0.3) is 11.6 Å². The summed E-state index contributed by atoms with van der Waals surface area (Å²) in [6.07, 6.45) is -3.45. The van der Waals surface area contributed by atoms with Crippen molar-refractivity contribution >= 4 is 39.9 Å². The molecule has 9 nitrogen and oxygen atoms in total. The zero-order valence-electron chi connectivity index (χ0n) is 19.1. The molecule has 0 saturated heterocycles. The molecule has 0 bridgehead atoms. The molecule has 2 heterocycles. The van der Waals surface area contributed by atoms with Crippen molar-refractivity contribution in [2.45, 2.75) is 6.18 Å². The first kappa shape index (κ1) is 24.8. The van der Waals surface area contributed by atoms with Crippen molar-refractivity contribution in [2.75, 3.05) is 0 Å². The first-order valence-corrected chi connectivity index (χ1v) is 11.8. The summed E-state index contributed by atoms with van der Waals surface area (Å²) in [5, 5.41) is 21.6. The Balaban J connectivity index is 1.38. The van der Waals surface area contributed by atoms with Crippen molar-refractivity contribution in [3.05, 3.63) is 105 Å². The van der Waals surface area contributed by atoms with Gasteiger partial charge < -0.3 is 0 Å². The number of halogens is 3. The number of nitro groups is 1. The maximum absolute atomic E-state index is 13.9. The van der Waals surface area contributed by atoms with Crippen LogP contribution in [0, 0.1) is 10.1 Å². The highest BCUT2D eigenvalue weighted by molar-refractivity contribution is 7.12. The smallest absolute Gasteiger partial charge is 0.266 e. The zero-order valence-corrected chi connectivity index (χ0v) is 19.9. The number of amides is 1. The van der Waals surface area contributed by atoms with E-state index in [0.29, 0.717) is 15.8 Å². The minimum absolute atomic E-state index is 0.0955. The molecule has 0 radical (unpaired) electrons. The molecule has 0 spiro atoms. The minimum atomic E-state index is -4.72. The van der Waals surface area contributed by atoms with Crippen molar-refractivity contribution in [1.82, 2.24) is 20.2 Å². The second-order valence-corrected chi connectivity index (χ2v) is 8.79. The molecule has 0 unspecified atom stereocenters. The van der Waals surface area contributed by atoms with Crippen LogP contribution in [0.3, 0.4) is 0 Å². The van der Waals surface area contributed by atoms with Crippen LogP contribution in [-0.2, 0) is 6.18 Å². The zero-order chi connectivity index (χ0) is 26.9. The highest BCUT2D eigenvalue weighted by atomic mass is 32.1. The molecule has 38 heavy (non-hydrogen) atoms. The average Bonchev–Trinajstić information content (AvgIpc) is 3.57. The van der Waals surface area contributed by atoms with E-state index >= 15 is 0 Å². The van der Waals surface area contributed by atoms with E-state index in [1.807, 2.05) is 24.3 Å². The first-order valence-electron chi connectivity index (χ1n) is 10.9. The van der Waals surface area contributed by atoms with Gasteiger partial charge in [0.2, 0.25) is 5.13 Å². The lowest BCUT2D eigenvalue weighted by atomic mass is 10.1. The number of nitro benzene ring substituents is 1. The molecule has 0 aliphatic heterocycles. The molecule has 3 aromatic carbocycles. The summed E-state index contributed by atoms with van der Waals surface area (Å²) < 4.78 is 42.2. The van der Waals surface area contributed by atoms with Gasteiger partial charge in [0.1, 0.15) is 5.69 Å². The molecule has 5 aromatic rings. The Morgan fingerprint density at radius 3 is 2.50 bits per heavy atom. The fraction of sp³-hybridized carbons (Fsp3) is 0.0400. The summed E-state index contributed by atoms with van der Waals surface area (Å²) in [5.74, 6) is -0.749. The standard InChI is InChI=1S/C25H15F3N6O3S/c26-25(27,28)22-12-20(18-8-7-16-3-1-2-4-17(16)11-18)32-33(22)24-30-21(14-38-24)23(35)31-29-13-15-5-9-19(10-6-15)34(36)37/h1-14H,(H,31,35). The molecule has 0 aliphatic rings. The third-order valence-corrected chi connectivity index (χ3v) is 6.25. The van der Waals surface area contributed by atoms with Gasteiger partial charge in [-0.2, -0.15) is 23.4 Å². The maximum Gasteiger partial charge on any atom is 0.433 e. The molecule has 13 heteroatoms. The Kier molecular flexibility index (Phi) is 6.43. The summed E-state index contributed by atoms with van der Waals surface area (Å²) in [5.41, 5.74) is 2.05. The van der Waals surface area contributed by atoms with Crippen LogP contribution in [0.15, 0.2) is 83.3 Å². The van der Waals surface area contributed by atoms with Crippen LogP contribution < -0.4 is 5.43 Å². The van der Waals surface area contributed by atoms with E-state index in [9.17, 15) is 28.1 Å². The van der Waals surface area contributed by atoms with Crippen LogP contribution in [0.4, 0.5) is 18.9 Å². The lowest BCUT2D eigenvalue weighted by molar-refractivity contribution is -0.384. The highest BCUT2D eigenvalue weighted by Crippen LogP contribution is 2.35. The number of thiazole rings is 1. The Hall–Kier alpha value is -4.91. The molecular formula is C25H15F3N6O3S. The number of hydrazone groups is 1. The Morgan fingerprint density at radius 1 is 1.05 bits per heavy atom. The fourth-order valence-electron chi connectivity index (χ4n) is 3.59. The Morgan fingerprint density at radius 2 is 1.79 bits per heavy atom. The summed E-state index contributed by atoms with van der Waals surface area (Å²) in [4.78, 5) is 26.6. The predicted molar refractivity (Wildman–Crippen MR) is 135 cm³/mol. The number of nitrogens with zero attached hydrogens (tertiary/aromatic N) is 5. The number of hydrogen-bond donors (Lipinski definition) is 1. The number of nitrogens with one attached hydrogen (secondary N) is 1. The summed E-state index contributed by atoms with van der Waals surface area (Å²) in [6.45, 7) is 0. The average molecular weight is 536 g/mol. The summed E-state index contributed by atoms with van der Waals surface area (Å²) in [7, 11) is 0. The fourth-order valence-corrected chi connectivity index (χ4v) is 4.36. The molecule has 5 rings (SSSR count). The van der Waals surface area contributed by atoms with Crippen molar-refractivity contribution in [2.24, 2.45) is 5.10 Å². The highest BCUT2D eigenvalue weighted by Gasteiger charge is 2.37. The van der Waals surface area contributed by atoms with E-state index in [1.54, 1.807) is 18.2 Å². The van der Waals surface area contributed by atoms with E-state index in [2.05, 4.69) is 20.6 Å². The number of hydrogen-bond acceptors (Lipinski definition) is 7. The number of fused-ring (bicyclic) bond motifs is 1. The monoisotopic (exact) mass is 536 g/mol. The van der Waals surface area contributed by atoms with E-state index in [4.69, 9.17) is 0 Å². The van der Waals surface area contributed by atoms with E-state index in [1.165, 1.54) is 35.9 Å². The number of rotatable bonds is 6. The number of alkyl halides is 3. The van der Waals surface area contributed by atoms with Crippen LogP contribution >= 0.6 is 11.3 Å². The van der Waals surface area contributed by atoms with Crippen LogP contribution in [0.1, 0.15) is 21.7 Å². The van der Waals surface area contributed by atoms with Crippen molar-refractivity contribution in [1.29, 1.82) is 0 Å². The summed E-state index contributed by atoms with van der Waals surface area (Å²) >= 11 is 0.819. The number of non-ortho nitro benzene ring substituents is 1. The molecule has 0 fully saturated rings. The van der Waals surface area contributed by atoms with Gasteiger partial charge in [-0.05, 0) is 40.6 Å². The van der Waals surface area contributed by atoms with Gasteiger partial charge in [-0.3, -0.25) is 14.9 Å². The maximum atomic E-state index is 13.9. The Bertz CT molecular complexity index is 1690. The number of aromatic nitrogens is 3. The SMILES string of the molecule is O=C(NN=Cc1ccc([N+](=O)[O-])cc1)c1csc(-n2nc(-c3ccc4ccccc4c3)cc2C(F)(F)F)n1. The Labute approximate surface area is 216 Å². The van der Waals surface area contributed by atoms with E-state index < -0.39 is 22.7 Å². The van der Waals surface area contributed by atoms with Crippen LogP contribution in [0.2, 0.25) is 0 Å². The van der Waals surface area contributed by atoms with Crippen LogP contribution in [-0.4, -0.2) is 31.8 Å². The van der Waals surface area contributed by atoms with Crippen molar-refractivity contribution in [3.8, 4) is 16.4 Å². The second kappa shape index (κ2) is 9.86. The molecule has 0 aliphatic carbocycles. The molecule has 1 amide bonds.